The van der Waals surface area contributed by atoms with E-state index in [9.17, 15) is 30.6 Å². The van der Waals surface area contributed by atoms with Crippen molar-refractivity contribution in [1.29, 1.82) is 0 Å². The molecule has 0 spiro atoms. The van der Waals surface area contributed by atoms with Crippen LogP contribution in [0.25, 0.3) is 0 Å². The Balaban J connectivity index is 1.43. The number of nitrogens with one attached hydrogen (secondary N) is 1. The fourth-order valence-electron chi connectivity index (χ4n) is 5.46. The standard InChI is InChI=1S/C21H41N5O11/c1-26-11-14(30)18-8(33-20(11)37-21-16(32)13(29)10(25)9(4-27)34-21)3-7(24)19(36-18)35-17-6(23)2-5(22)12(28)15(17)31/h5-21,26-32H,2-4,22-25H2,1H3/t5-,6+,7-,8+,9-,10-,11+,12+,13+,14-,15-,16-,17?,18+,19+,20?,21-/m1/s1. The minimum absolute atomic E-state index is 0.156. The maximum atomic E-state index is 11.1. The van der Waals surface area contributed by atoms with Crippen LogP contribution in [0.1, 0.15) is 12.8 Å². The van der Waals surface area contributed by atoms with Gasteiger partial charge in [0, 0.05) is 12.1 Å². The Hall–Kier alpha value is -0.640. The molecule has 4 fully saturated rings. The second-order valence-electron chi connectivity index (χ2n) is 10.3. The smallest absolute Gasteiger partial charge is 0.189 e. The average Bonchev–Trinajstić information content (AvgIpc) is 2.86. The molecule has 0 aromatic rings. The lowest BCUT2D eigenvalue weighted by Crippen LogP contribution is -2.70. The lowest BCUT2D eigenvalue weighted by atomic mass is 9.84. The van der Waals surface area contributed by atoms with Crippen molar-refractivity contribution in [1.82, 2.24) is 5.32 Å². The summed E-state index contributed by atoms with van der Waals surface area (Å²) in [5.74, 6) is 0. The van der Waals surface area contributed by atoms with E-state index in [1.54, 1.807) is 7.05 Å². The maximum Gasteiger partial charge on any atom is 0.189 e. The quantitative estimate of drug-likeness (QED) is 0.149. The third-order valence-corrected chi connectivity index (χ3v) is 7.74. The molecule has 3 saturated heterocycles. The van der Waals surface area contributed by atoms with E-state index < -0.39 is 111 Å². The lowest BCUT2D eigenvalue weighted by Gasteiger charge is -2.51. The van der Waals surface area contributed by atoms with Crippen LogP contribution in [0.5, 0.6) is 0 Å². The highest BCUT2D eigenvalue weighted by Gasteiger charge is 2.54. The van der Waals surface area contributed by atoms with Crippen LogP contribution >= 0.6 is 0 Å². The normalized spacial score (nSPS) is 55.1. The van der Waals surface area contributed by atoms with Gasteiger partial charge in [-0.3, -0.25) is 0 Å². The molecule has 15 N–H and O–H groups in total. The molecule has 16 nitrogen and oxygen atoms in total. The van der Waals surface area contributed by atoms with Gasteiger partial charge < -0.3 is 82.6 Å². The van der Waals surface area contributed by atoms with E-state index in [-0.39, 0.29) is 12.8 Å². The predicted molar refractivity (Wildman–Crippen MR) is 123 cm³/mol. The molecular formula is C21H41N5O11. The van der Waals surface area contributed by atoms with Gasteiger partial charge in [-0.05, 0) is 19.9 Å². The van der Waals surface area contributed by atoms with Crippen LogP contribution in [0.2, 0.25) is 0 Å². The van der Waals surface area contributed by atoms with Crippen LogP contribution in [0.15, 0.2) is 0 Å². The number of hydrogen-bond donors (Lipinski definition) is 11. The summed E-state index contributed by atoms with van der Waals surface area (Å²) in [5.41, 5.74) is 24.0. The minimum atomic E-state index is -1.54. The van der Waals surface area contributed by atoms with Crippen molar-refractivity contribution in [2.45, 2.75) is 117 Å². The first-order valence-corrected chi connectivity index (χ1v) is 12.5. The molecule has 4 rings (SSSR count). The number of ether oxygens (including phenoxy) is 5. The molecule has 0 amide bonds. The van der Waals surface area contributed by atoms with Crippen molar-refractivity contribution >= 4 is 0 Å². The van der Waals surface area contributed by atoms with Crippen LogP contribution in [-0.2, 0) is 23.7 Å². The SMILES string of the molecule is CN[C@@H]1C(O[C@H]2O[C@H](CO)[C@@H](N)[C@H](O)[C@H]2O)O[C@H]2C[C@@H](N)[C@@H](OC3[C@@H](N)C[C@@H](N)[C@H](O)[C@H]3O)O[C@@H]2[C@@H]1O. The van der Waals surface area contributed by atoms with Gasteiger partial charge in [0.05, 0.1) is 36.9 Å². The highest BCUT2D eigenvalue weighted by atomic mass is 16.8. The van der Waals surface area contributed by atoms with Crippen molar-refractivity contribution in [3.8, 4) is 0 Å². The van der Waals surface area contributed by atoms with Crippen LogP contribution < -0.4 is 28.3 Å². The van der Waals surface area contributed by atoms with Gasteiger partial charge in [0.15, 0.2) is 18.9 Å². The Bertz CT molecular complexity index is 756. The Morgan fingerprint density at radius 3 is 2.08 bits per heavy atom. The molecule has 17 atom stereocenters. The molecule has 2 unspecified atom stereocenters. The molecule has 4 aliphatic rings. The summed E-state index contributed by atoms with van der Waals surface area (Å²) in [6.07, 6.45) is -13.7. The Kier molecular flexibility index (Phi) is 9.40. The van der Waals surface area contributed by atoms with Crippen molar-refractivity contribution in [3.05, 3.63) is 0 Å². The molecule has 3 heterocycles. The zero-order valence-electron chi connectivity index (χ0n) is 20.5. The molecule has 16 heteroatoms. The summed E-state index contributed by atoms with van der Waals surface area (Å²) in [7, 11) is 1.55. The first-order chi connectivity index (χ1) is 17.5. The molecule has 0 aromatic carbocycles. The van der Waals surface area contributed by atoms with Crippen molar-refractivity contribution in [2.24, 2.45) is 22.9 Å². The van der Waals surface area contributed by atoms with Gasteiger partial charge in [0.2, 0.25) is 0 Å². The van der Waals surface area contributed by atoms with Gasteiger partial charge in [-0.15, -0.1) is 0 Å². The molecule has 0 bridgehead atoms. The zero-order valence-corrected chi connectivity index (χ0v) is 20.5. The lowest BCUT2D eigenvalue weighted by molar-refractivity contribution is -0.373. The van der Waals surface area contributed by atoms with Gasteiger partial charge in [-0.2, -0.15) is 0 Å². The summed E-state index contributed by atoms with van der Waals surface area (Å²) in [6.45, 7) is -0.508. The third-order valence-electron chi connectivity index (χ3n) is 7.74. The van der Waals surface area contributed by atoms with E-state index in [1.807, 2.05) is 0 Å². The highest BCUT2D eigenvalue weighted by Crippen LogP contribution is 2.35. The number of hydrogen-bond acceptors (Lipinski definition) is 16. The highest BCUT2D eigenvalue weighted by molar-refractivity contribution is 5.01. The van der Waals surface area contributed by atoms with Crippen LogP contribution in [0, 0.1) is 0 Å². The molecule has 0 radical (unpaired) electrons. The average molecular weight is 540 g/mol. The van der Waals surface area contributed by atoms with Crippen molar-refractivity contribution < 1.29 is 54.3 Å². The zero-order chi connectivity index (χ0) is 27.2. The van der Waals surface area contributed by atoms with E-state index in [1.165, 1.54) is 0 Å². The summed E-state index contributed by atoms with van der Waals surface area (Å²) in [4.78, 5) is 0. The number of aliphatic hydroxyl groups excluding tert-OH is 6. The number of likely N-dealkylation sites (N-methyl/N-ethyl adjacent to an activating group) is 1. The Morgan fingerprint density at radius 1 is 0.730 bits per heavy atom. The predicted octanol–water partition coefficient (Wildman–Crippen LogP) is -6.95. The minimum Gasteiger partial charge on any atom is -0.394 e. The van der Waals surface area contributed by atoms with Gasteiger partial charge in [0.25, 0.3) is 0 Å². The van der Waals surface area contributed by atoms with Gasteiger partial charge in [-0.25, -0.2) is 0 Å². The fraction of sp³-hybridized carbons (Fsp3) is 1.00. The van der Waals surface area contributed by atoms with E-state index in [0.29, 0.717) is 0 Å². The topological polar surface area (TPSA) is 284 Å². The molecule has 216 valence electrons. The largest absolute Gasteiger partial charge is 0.394 e. The van der Waals surface area contributed by atoms with E-state index in [2.05, 4.69) is 5.32 Å². The van der Waals surface area contributed by atoms with Gasteiger partial charge in [0.1, 0.15) is 42.7 Å². The van der Waals surface area contributed by atoms with Crippen molar-refractivity contribution in [2.75, 3.05) is 13.7 Å². The Morgan fingerprint density at radius 2 is 1.43 bits per heavy atom. The molecule has 1 aliphatic carbocycles. The van der Waals surface area contributed by atoms with Gasteiger partial charge in [-0.1, -0.05) is 0 Å². The summed E-state index contributed by atoms with van der Waals surface area (Å²) >= 11 is 0. The summed E-state index contributed by atoms with van der Waals surface area (Å²) in [5, 5.41) is 64.7. The molecule has 0 aromatic heterocycles. The van der Waals surface area contributed by atoms with Gasteiger partial charge >= 0.3 is 0 Å². The second kappa shape index (κ2) is 11.8. The monoisotopic (exact) mass is 539 g/mol. The van der Waals surface area contributed by atoms with E-state index in [0.717, 1.165) is 0 Å². The first-order valence-electron chi connectivity index (χ1n) is 12.5. The molecule has 3 aliphatic heterocycles. The fourth-order valence-corrected chi connectivity index (χ4v) is 5.46. The number of nitrogens with two attached hydrogens (primary N) is 4. The second-order valence-corrected chi connectivity index (χ2v) is 10.3. The first kappa shape index (κ1) is 29.3. The number of aliphatic hydroxyl groups is 6. The van der Waals surface area contributed by atoms with Crippen LogP contribution in [0.4, 0.5) is 0 Å². The summed E-state index contributed by atoms with van der Waals surface area (Å²) in [6, 6.07) is -4.05. The molecule has 1 saturated carbocycles. The number of rotatable bonds is 6. The van der Waals surface area contributed by atoms with Crippen LogP contribution in [-0.4, -0.2) is 148 Å². The maximum absolute atomic E-state index is 11.1. The Labute approximate surface area is 213 Å². The van der Waals surface area contributed by atoms with Crippen molar-refractivity contribution in [3.63, 3.8) is 0 Å². The molecule has 37 heavy (non-hydrogen) atoms. The number of fused-ring (bicyclic) bond motifs is 1. The summed E-state index contributed by atoms with van der Waals surface area (Å²) < 4.78 is 29.2. The van der Waals surface area contributed by atoms with E-state index >= 15 is 0 Å². The third kappa shape index (κ3) is 5.66. The van der Waals surface area contributed by atoms with E-state index in [4.69, 9.17) is 46.6 Å². The molecular weight excluding hydrogens is 498 g/mol. The van der Waals surface area contributed by atoms with Crippen LogP contribution in [0.3, 0.4) is 0 Å².